The van der Waals surface area contributed by atoms with E-state index in [1.165, 1.54) is 5.56 Å². The highest BCUT2D eigenvalue weighted by molar-refractivity contribution is 6.30. The van der Waals surface area contributed by atoms with E-state index in [9.17, 15) is 5.11 Å². The van der Waals surface area contributed by atoms with E-state index in [4.69, 9.17) is 21.2 Å². The molecule has 6 heteroatoms. The van der Waals surface area contributed by atoms with Crippen LogP contribution in [0.2, 0.25) is 5.02 Å². The zero-order valence-corrected chi connectivity index (χ0v) is 18.1. The van der Waals surface area contributed by atoms with E-state index in [0.29, 0.717) is 31.3 Å². The normalized spacial score (nSPS) is 16.9. The lowest BCUT2D eigenvalue weighted by molar-refractivity contribution is 0.00336. The maximum Gasteiger partial charge on any atom is 0.145 e. The summed E-state index contributed by atoms with van der Waals surface area (Å²) in [5.41, 5.74) is 4.36. The van der Waals surface area contributed by atoms with E-state index in [0.717, 1.165) is 23.3 Å². The smallest absolute Gasteiger partial charge is 0.145 e. The van der Waals surface area contributed by atoms with Gasteiger partial charge in [-0.15, -0.1) is 6.58 Å². The molecule has 5 nitrogen and oxygen atoms in total. The molecule has 1 aliphatic heterocycles. The maximum absolute atomic E-state index is 10.4. The van der Waals surface area contributed by atoms with Crippen LogP contribution in [0.3, 0.4) is 0 Å². The molecule has 0 bridgehead atoms. The van der Waals surface area contributed by atoms with Crippen molar-refractivity contribution in [2.24, 2.45) is 5.16 Å². The van der Waals surface area contributed by atoms with Crippen molar-refractivity contribution in [1.82, 2.24) is 4.90 Å². The molecular formula is C24H29ClN2O3. The number of aliphatic hydroxyl groups is 1. The van der Waals surface area contributed by atoms with Crippen LogP contribution in [-0.4, -0.2) is 54.2 Å². The topological polar surface area (TPSA) is 54.3 Å². The van der Waals surface area contributed by atoms with E-state index in [-0.39, 0.29) is 12.7 Å². The summed E-state index contributed by atoms with van der Waals surface area (Å²) in [5, 5.41) is 15.5. The number of aliphatic hydroxyl groups excluding tert-OH is 1. The molecule has 0 saturated carbocycles. The van der Waals surface area contributed by atoms with Crippen LogP contribution in [0, 0.1) is 6.92 Å². The minimum absolute atomic E-state index is 0.0694. The van der Waals surface area contributed by atoms with Crippen molar-refractivity contribution >= 4 is 17.3 Å². The van der Waals surface area contributed by atoms with Crippen LogP contribution in [0.5, 0.6) is 0 Å². The molecule has 3 rings (SSSR count). The average Bonchev–Trinajstić information content (AvgIpc) is 3.16. The molecule has 1 N–H and O–H groups in total. The molecule has 1 aliphatic rings. The number of benzene rings is 2. The van der Waals surface area contributed by atoms with Crippen molar-refractivity contribution in [3.05, 3.63) is 82.9 Å². The molecule has 160 valence electrons. The highest BCUT2D eigenvalue weighted by atomic mass is 35.5. The SMILES string of the molecule is C=CCOC[C@H](O)CN(Cc1cccc(Cl)c1)C[C@H]1CC(c2ccccc2C)=NO1. The van der Waals surface area contributed by atoms with E-state index in [1.54, 1.807) is 6.08 Å². The third-order valence-electron chi connectivity index (χ3n) is 4.96. The summed E-state index contributed by atoms with van der Waals surface area (Å²) < 4.78 is 5.40. The van der Waals surface area contributed by atoms with Crippen LogP contribution in [0.25, 0.3) is 0 Å². The molecule has 0 spiro atoms. The molecule has 0 fully saturated rings. The number of hydrogen-bond donors (Lipinski definition) is 1. The Labute approximate surface area is 183 Å². The molecule has 0 radical (unpaired) electrons. The first-order valence-corrected chi connectivity index (χ1v) is 10.5. The summed E-state index contributed by atoms with van der Waals surface area (Å²) >= 11 is 6.15. The van der Waals surface area contributed by atoms with Crippen molar-refractivity contribution in [2.75, 3.05) is 26.3 Å². The molecule has 1 heterocycles. The van der Waals surface area contributed by atoms with Crippen LogP contribution < -0.4 is 0 Å². The van der Waals surface area contributed by atoms with Crippen molar-refractivity contribution in [1.29, 1.82) is 0 Å². The summed E-state index contributed by atoms with van der Waals surface area (Å²) in [6, 6.07) is 16.0. The van der Waals surface area contributed by atoms with Gasteiger partial charge in [0.05, 0.1) is 25.0 Å². The predicted octanol–water partition coefficient (Wildman–Crippen LogP) is 4.21. The zero-order valence-electron chi connectivity index (χ0n) is 17.3. The fourth-order valence-corrected chi connectivity index (χ4v) is 3.82. The van der Waals surface area contributed by atoms with Crippen molar-refractivity contribution in [2.45, 2.75) is 32.1 Å². The maximum atomic E-state index is 10.4. The lowest BCUT2D eigenvalue weighted by Crippen LogP contribution is -2.39. The molecule has 2 aromatic rings. The predicted molar refractivity (Wildman–Crippen MR) is 121 cm³/mol. The molecule has 0 aliphatic carbocycles. The van der Waals surface area contributed by atoms with Crippen LogP contribution >= 0.6 is 11.6 Å². The molecule has 0 saturated heterocycles. The van der Waals surface area contributed by atoms with Gasteiger partial charge in [-0.05, 0) is 30.2 Å². The lowest BCUT2D eigenvalue weighted by atomic mass is 10.00. The number of rotatable bonds is 11. The Bertz CT molecular complexity index is 871. The van der Waals surface area contributed by atoms with E-state index in [2.05, 4.69) is 35.7 Å². The standard InChI is InChI=1S/C24H29ClN2O3/c1-3-11-29-17-21(28)15-27(14-19-8-6-9-20(25)12-19)16-22-13-24(26-30-22)23-10-5-4-7-18(23)2/h3-10,12,21-22,28H,1,11,13-17H2,2H3/t21-,22-/m1/s1. The number of nitrogens with zero attached hydrogens (tertiary/aromatic N) is 2. The summed E-state index contributed by atoms with van der Waals surface area (Å²) in [6.07, 6.45) is 1.73. The highest BCUT2D eigenvalue weighted by Crippen LogP contribution is 2.21. The Morgan fingerprint density at radius 1 is 1.33 bits per heavy atom. The number of halogens is 1. The van der Waals surface area contributed by atoms with E-state index in [1.807, 2.05) is 36.4 Å². The number of oxime groups is 1. The molecule has 0 amide bonds. The van der Waals surface area contributed by atoms with Gasteiger partial charge in [-0.1, -0.05) is 59.2 Å². The largest absolute Gasteiger partial charge is 0.390 e. The van der Waals surface area contributed by atoms with Gasteiger partial charge in [-0.2, -0.15) is 0 Å². The van der Waals surface area contributed by atoms with E-state index < -0.39 is 6.10 Å². The second-order valence-electron chi connectivity index (χ2n) is 7.59. The van der Waals surface area contributed by atoms with Gasteiger partial charge in [-0.25, -0.2) is 0 Å². The molecule has 2 atom stereocenters. The summed E-state index contributed by atoms with van der Waals surface area (Å²) in [4.78, 5) is 7.90. The number of ether oxygens (including phenoxy) is 1. The zero-order chi connectivity index (χ0) is 21.3. The van der Waals surface area contributed by atoms with Crippen molar-refractivity contribution in [3.63, 3.8) is 0 Å². The summed E-state index contributed by atoms with van der Waals surface area (Å²) in [6.45, 7) is 8.15. The third kappa shape index (κ3) is 6.67. The quantitative estimate of drug-likeness (QED) is 0.430. The summed E-state index contributed by atoms with van der Waals surface area (Å²) in [5.74, 6) is 0. The second-order valence-corrected chi connectivity index (χ2v) is 8.02. The fourth-order valence-electron chi connectivity index (χ4n) is 3.61. The van der Waals surface area contributed by atoms with Crippen LogP contribution in [-0.2, 0) is 16.1 Å². The highest BCUT2D eigenvalue weighted by Gasteiger charge is 2.26. The van der Waals surface area contributed by atoms with Crippen LogP contribution in [0.1, 0.15) is 23.1 Å². The summed E-state index contributed by atoms with van der Waals surface area (Å²) in [7, 11) is 0. The van der Waals surface area contributed by atoms with Gasteiger partial charge in [0.25, 0.3) is 0 Å². The Morgan fingerprint density at radius 2 is 2.17 bits per heavy atom. The van der Waals surface area contributed by atoms with Gasteiger partial charge in [-0.3, -0.25) is 4.90 Å². The minimum atomic E-state index is -0.609. The minimum Gasteiger partial charge on any atom is -0.390 e. The van der Waals surface area contributed by atoms with Gasteiger partial charge >= 0.3 is 0 Å². The Kier molecular flexibility index (Phi) is 8.46. The molecule has 30 heavy (non-hydrogen) atoms. The first-order valence-electron chi connectivity index (χ1n) is 10.2. The Hall–Kier alpha value is -2.18. The average molecular weight is 429 g/mol. The molecular weight excluding hydrogens is 400 g/mol. The second kappa shape index (κ2) is 11.3. The van der Waals surface area contributed by atoms with Crippen LogP contribution in [0.4, 0.5) is 0 Å². The van der Waals surface area contributed by atoms with E-state index >= 15 is 0 Å². The van der Waals surface area contributed by atoms with Crippen LogP contribution in [0.15, 0.2) is 66.3 Å². The van der Waals surface area contributed by atoms with Gasteiger partial charge in [0.1, 0.15) is 6.10 Å². The monoisotopic (exact) mass is 428 g/mol. The molecule has 2 aromatic carbocycles. The van der Waals surface area contributed by atoms with Crippen molar-refractivity contribution in [3.8, 4) is 0 Å². The van der Waals surface area contributed by atoms with Gasteiger partial charge in [0.2, 0.25) is 0 Å². The first-order chi connectivity index (χ1) is 14.5. The van der Waals surface area contributed by atoms with Crippen molar-refractivity contribution < 1.29 is 14.7 Å². The van der Waals surface area contributed by atoms with Gasteiger partial charge < -0.3 is 14.7 Å². The number of aryl methyl sites for hydroxylation is 1. The number of hydrogen-bond acceptors (Lipinski definition) is 5. The molecule has 0 aromatic heterocycles. The van der Waals surface area contributed by atoms with Gasteiger partial charge in [0.15, 0.2) is 0 Å². The Balaban J connectivity index is 1.63. The lowest BCUT2D eigenvalue weighted by Gasteiger charge is -2.27. The fraction of sp³-hybridized carbons (Fsp3) is 0.375. The van der Waals surface area contributed by atoms with Gasteiger partial charge in [0, 0.05) is 36.6 Å². The first kappa shape index (κ1) is 22.5. The Morgan fingerprint density at radius 3 is 2.93 bits per heavy atom. The molecule has 0 unspecified atom stereocenters. The third-order valence-corrected chi connectivity index (χ3v) is 5.20.